The van der Waals surface area contributed by atoms with Crippen LogP contribution >= 0.6 is 0 Å². The summed E-state index contributed by atoms with van der Waals surface area (Å²) in [4.78, 5) is 0. The first-order valence-corrected chi connectivity index (χ1v) is 9.33. The minimum absolute atomic E-state index is 0.0879. The van der Waals surface area contributed by atoms with Crippen molar-refractivity contribution in [2.75, 3.05) is 7.11 Å². The molecule has 1 rings (SSSR count). The maximum absolute atomic E-state index is 10.1. The van der Waals surface area contributed by atoms with Crippen LogP contribution in [-0.2, 0) is 6.42 Å². The van der Waals surface area contributed by atoms with E-state index in [4.69, 9.17) is 4.74 Å². The predicted molar refractivity (Wildman–Crippen MR) is 107 cm³/mol. The SMILES string of the molecule is C=CCC=CCC=CCCCCCCCc1c(O)c(O)cc(OC)c1O. The lowest BCUT2D eigenvalue weighted by Gasteiger charge is -2.12. The molecule has 1 aromatic rings. The lowest BCUT2D eigenvalue weighted by molar-refractivity contribution is 0.350. The molecule has 0 aromatic heterocycles. The summed E-state index contributed by atoms with van der Waals surface area (Å²) in [7, 11) is 1.42. The van der Waals surface area contributed by atoms with Crippen LogP contribution in [0.25, 0.3) is 0 Å². The van der Waals surface area contributed by atoms with Gasteiger partial charge in [0.2, 0.25) is 0 Å². The predicted octanol–water partition coefficient (Wildman–Crippen LogP) is 5.77. The number of phenolic OH excluding ortho intramolecular Hbond substituents is 3. The quantitative estimate of drug-likeness (QED) is 0.181. The minimum Gasteiger partial charge on any atom is -0.504 e. The summed E-state index contributed by atoms with van der Waals surface area (Å²) >= 11 is 0. The molecule has 4 nitrogen and oxygen atoms in total. The number of rotatable bonds is 13. The third kappa shape index (κ3) is 7.68. The van der Waals surface area contributed by atoms with Gasteiger partial charge in [0.15, 0.2) is 23.0 Å². The number of allylic oxidation sites excluding steroid dienone is 5. The van der Waals surface area contributed by atoms with Crippen LogP contribution in [-0.4, -0.2) is 22.4 Å². The molecule has 0 saturated carbocycles. The normalized spacial score (nSPS) is 11.4. The average molecular weight is 360 g/mol. The van der Waals surface area contributed by atoms with Crippen molar-refractivity contribution in [1.29, 1.82) is 0 Å². The molecule has 0 amide bonds. The number of unbranched alkanes of at least 4 members (excludes halogenated alkanes) is 5. The number of benzene rings is 1. The second-order valence-electron chi connectivity index (χ2n) is 6.28. The highest BCUT2D eigenvalue weighted by atomic mass is 16.5. The molecule has 3 N–H and O–H groups in total. The molecular formula is C22H32O4. The van der Waals surface area contributed by atoms with Gasteiger partial charge in [-0.3, -0.25) is 0 Å². The van der Waals surface area contributed by atoms with Crippen molar-refractivity contribution < 1.29 is 20.1 Å². The molecule has 0 atom stereocenters. The van der Waals surface area contributed by atoms with Crippen LogP contribution in [0.5, 0.6) is 23.0 Å². The molecule has 1 aromatic carbocycles. The van der Waals surface area contributed by atoms with Crippen molar-refractivity contribution >= 4 is 0 Å². The Hall–Kier alpha value is -2.36. The molecule has 0 fully saturated rings. The molecule has 0 saturated heterocycles. The Bertz CT molecular complexity index is 603. The second-order valence-corrected chi connectivity index (χ2v) is 6.28. The average Bonchev–Trinajstić information content (AvgIpc) is 2.64. The minimum atomic E-state index is -0.263. The number of hydrogen-bond donors (Lipinski definition) is 3. The van der Waals surface area contributed by atoms with Crippen LogP contribution in [0.15, 0.2) is 43.0 Å². The largest absolute Gasteiger partial charge is 0.504 e. The molecule has 0 aliphatic heterocycles. The van der Waals surface area contributed by atoms with E-state index in [1.54, 1.807) is 0 Å². The molecule has 144 valence electrons. The highest BCUT2D eigenvalue weighted by Gasteiger charge is 2.17. The Morgan fingerprint density at radius 3 is 2.27 bits per heavy atom. The first-order valence-electron chi connectivity index (χ1n) is 9.33. The van der Waals surface area contributed by atoms with Gasteiger partial charge in [-0.05, 0) is 38.5 Å². The van der Waals surface area contributed by atoms with E-state index in [9.17, 15) is 15.3 Å². The number of methoxy groups -OCH3 is 1. The van der Waals surface area contributed by atoms with Crippen molar-refractivity contribution in [2.45, 2.75) is 57.8 Å². The van der Waals surface area contributed by atoms with Crippen LogP contribution in [0.4, 0.5) is 0 Å². The number of phenols is 3. The first kappa shape index (κ1) is 21.7. The smallest absolute Gasteiger partial charge is 0.164 e. The van der Waals surface area contributed by atoms with Gasteiger partial charge >= 0.3 is 0 Å². The molecular weight excluding hydrogens is 328 g/mol. The van der Waals surface area contributed by atoms with E-state index in [0.29, 0.717) is 12.0 Å². The number of aromatic hydroxyl groups is 3. The zero-order valence-corrected chi connectivity index (χ0v) is 15.8. The van der Waals surface area contributed by atoms with E-state index < -0.39 is 0 Å². The van der Waals surface area contributed by atoms with Gasteiger partial charge in [0, 0.05) is 11.6 Å². The fourth-order valence-electron chi connectivity index (χ4n) is 2.74. The zero-order chi connectivity index (χ0) is 19.2. The van der Waals surface area contributed by atoms with Crippen molar-refractivity contribution in [2.24, 2.45) is 0 Å². The van der Waals surface area contributed by atoms with Crippen molar-refractivity contribution in [3.8, 4) is 23.0 Å². The van der Waals surface area contributed by atoms with Gasteiger partial charge in [-0.1, -0.05) is 49.6 Å². The monoisotopic (exact) mass is 360 g/mol. The van der Waals surface area contributed by atoms with Gasteiger partial charge in [0.05, 0.1) is 7.11 Å². The summed E-state index contributed by atoms with van der Waals surface area (Å²) in [5.74, 6) is -0.423. The maximum atomic E-state index is 10.1. The fourth-order valence-corrected chi connectivity index (χ4v) is 2.74. The van der Waals surface area contributed by atoms with E-state index in [1.807, 2.05) is 6.08 Å². The van der Waals surface area contributed by atoms with Crippen LogP contribution in [0, 0.1) is 0 Å². The zero-order valence-electron chi connectivity index (χ0n) is 15.8. The summed E-state index contributed by atoms with van der Waals surface area (Å²) in [6.45, 7) is 3.68. The summed E-state index contributed by atoms with van der Waals surface area (Å²) < 4.78 is 5.00. The van der Waals surface area contributed by atoms with Gasteiger partial charge in [-0.25, -0.2) is 0 Å². The van der Waals surface area contributed by atoms with Gasteiger partial charge in [-0.2, -0.15) is 0 Å². The standard InChI is InChI=1S/C22H32O4/c1-3-4-5-6-7-8-9-10-11-12-13-14-15-16-18-21(24)19(23)17-20(26-2)22(18)25/h3,5-6,8-9,17,23-25H,1,4,7,10-16H2,2H3. The Morgan fingerprint density at radius 2 is 1.54 bits per heavy atom. The fraction of sp³-hybridized carbons (Fsp3) is 0.455. The maximum Gasteiger partial charge on any atom is 0.164 e. The Morgan fingerprint density at radius 1 is 0.885 bits per heavy atom. The van der Waals surface area contributed by atoms with Crippen LogP contribution in [0.3, 0.4) is 0 Å². The Labute approximate surface area is 157 Å². The second kappa shape index (κ2) is 12.9. The Balaban J connectivity index is 2.19. The van der Waals surface area contributed by atoms with E-state index in [0.717, 1.165) is 44.9 Å². The van der Waals surface area contributed by atoms with Crippen LogP contribution in [0.2, 0.25) is 0 Å². The topological polar surface area (TPSA) is 69.9 Å². The van der Waals surface area contributed by atoms with E-state index in [-0.39, 0.29) is 23.0 Å². The lowest BCUT2D eigenvalue weighted by atomic mass is 10.0. The molecule has 0 aliphatic carbocycles. The molecule has 26 heavy (non-hydrogen) atoms. The first-order chi connectivity index (χ1) is 12.6. The summed E-state index contributed by atoms with van der Waals surface area (Å²) in [6.07, 6.45) is 19.4. The van der Waals surface area contributed by atoms with Gasteiger partial charge in [-0.15, -0.1) is 6.58 Å². The molecule has 0 radical (unpaired) electrons. The van der Waals surface area contributed by atoms with Gasteiger partial charge in [0.25, 0.3) is 0 Å². The van der Waals surface area contributed by atoms with E-state index >= 15 is 0 Å². The number of ether oxygens (including phenoxy) is 1. The van der Waals surface area contributed by atoms with Crippen molar-refractivity contribution in [3.63, 3.8) is 0 Å². The highest BCUT2D eigenvalue weighted by molar-refractivity contribution is 5.59. The summed E-state index contributed by atoms with van der Waals surface area (Å²) in [5.41, 5.74) is 0.356. The molecule has 4 heteroatoms. The lowest BCUT2D eigenvalue weighted by Crippen LogP contribution is -1.92. The van der Waals surface area contributed by atoms with E-state index in [2.05, 4.69) is 30.9 Å². The van der Waals surface area contributed by atoms with Crippen LogP contribution < -0.4 is 4.74 Å². The molecule has 0 spiro atoms. The third-order valence-corrected chi connectivity index (χ3v) is 4.24. The number of hydrogen-bond acceptors (Lipinski definition) is 4. The van der Waals surface area contributed by atoms with Crippen molar-refractivity contribution in [1.82, 2.24) is 0 Å². The van der Waals surface area contributed by atoms with Gasteiger partial charge in [0.1, 0.15) is 0 Å². The summed E-state index contributed by atoms with van der Waals surface area (Å²) in [5, 5.41) is 29.7. The highest BCUT2D eigenvalue weighted by Crippen LogP contribution is 2.43. The van der Waals surface area contributed by atoms with Crippen molar-refractivity contribution in [3.05, 3.63) is 48.6 Å². The third-order valence-electron chi connectivity index (χ3n) is 4.24. The summed E-state index contributed by atoms with van der Waals surface area (Å²) in [6, 6.07) is 1.22. The van der Waals surface area contributed by atoms with Gasteiger partial charge < -0.3 is 20.1 Å². The molecule has 0 unspecified atom stereocenters. The molecule has 0 heterocycles. The molecule has 0 aliphatic rings. The van der Waals surface area contributed by atoms with Crippen LogP contribution in [0.1, 0.15) is 56.9 Å². The molecule has 0 bridgehead atoms. The van der Waals surface area contributed by atoms with E-state index in [1.165, 1.54) is 19.6 Å². The Kier molecular flexibility index (Phi) is 10.8.